The summed E-state index contributed by atoms with van der Waals surface area (Å²) in [5, 5.41) is 3.49. The maximum absolute atomic E-state index is 3.49. The first-order valence-corrected chi connectivity index (χ1v) is 5.96. The van der Waals surface area contributed by atoms with Crippen molar-refractivity contribution in [2.45, 2.75) is 32.2 Å². The van der Waals surface area contributed by atoms with Crippen LogP contribution in [0.1, 0.15) is 24.8 Å². The van der Waals surface area contributed by atoms with E-state index in [-0.39, 0.29) is 0 Å². The fourth-order valence-corrected chi connectivity index (χ4v) is 2.55. The fourth-order valence-electron chi connectivity index (χ4n) is 2.55. The Kier molecular flexibility index (Phi) is 2.08. The number of nitrogens with zero attached hydrogens (tertiary/aromatic N) is 1. The van der Waals surface area contributed by atoms with Gasteiger partial charge in [-0.2, -0.15) is 0 Å². The fraction of sp³-hybridized carbons (Fsp3) is 0.538. The lowest BCUT2D eigenvalue weighted by Gasteiger charge is -2.42. The Balaban J connectivity index is 1.95. The summed E-state index contributed by atoms with van der Waals surface area (Å²) >= 11 is 0. The first-order chi connectivity index (χ1) is 7.34. The van der Waals surface area contributed by atoms with Gasteiger partial charge in [0.15, 0.2) is 0 Å². The van der Waals surface area contributed by atoms with E-state index in [9.17, 15) is 0 Å². The van der Waals surface area contributed by atoms with Crippen molar-refractivity contribution >= 4 is 11.4 Å². The van der Waals surface area contributed by atoms with Gasteiger partial charge in [-0.25, -0.2) is 0 Å². The topological polar surface area (TPSA) is 15.3 Å². The lowest BCUT2D eigenvalue weighted by molar-refractivity contribution is 0.387. The van der Waals surface area contributed by atoms with Gasteiger partial charge in [-0.05, 0) is 43.9 Å². The van der Waals surface area contributed by atoms with Crippen molar-refractivity contribution in [1.29, 1.82) is 0 Å². The van der Waals surface area contributed by atoms with Gasteiger partial charge in [0.25, 0.3) is 0 Å². The van der Waals surface area contributed by atoms with Crippen molar-refractivity contribution in [2.75, 3.05) is 23.3 Å². The smallest absolute Gasteiger partial charge is 0.0605 e. The van der Waals surface area contributed by atoms with Gasteiger partial charge in [0, 0.05) is 19.1 Å². The Morgan fingerprint density at radius 1 is 1.33 bits per heavy atom. The minimum atomic E-state index is 0.813. The summed E-state index contributed by atoms with van der Waals surface area (Å²) < 4.78 is 0. The van der Waals surface area contributed by atoms with Gasteiger partial charge in [-0.3, -0.25) is 0 Å². The van der Waals surface area contributed by atoms with E-state index >= 15 is 0 Å². The van der Waals surface area contributed by atoms with Crippen LogP contribution in [0.15, 0.2) is 18.2 Å². The molecular weight excluding hydrogens is 184 g/mol. The summed E-state index contributed by atoms with van der Waals surface area (Å²) in [5.41, 5.74) is 4.08. The first kappa shape index (κ1) is 9.08. The van der Waals surface area contributed by atoms with E-state index in [1.54, 1.807) is 0 Å². The molecule has 0 bridgehead atoms. The monoisotopic (exact) mass is 202 g/mol. The largest absolute Gasteiger partial charge is 0.382 e. The molecule has 15 heavy (non-hydrogen) atoms. The molecule has 0 radical (unpaired) electrons. The number of aryl methyl sites for hydroxylation is 1. The van der Waals surface area contributed by atoms with Gasteiger partial charge in [-0.15, -0.1) is 0 Å². The van der Waals surface area contributed by atoms with Crippen LogP contribution >= 0.6 is 0 Å². The number of hydrogen-bond donors (Lipinski definition) is 1. The molecule has 1 fully saturated rings. The van der Waals surface area contributed by atoms with Crippen LogP contribution in [-0.2, 0) is 0 Å². The molecule has 1 aliphatic carbocycles. The van der Waals surface area contributed by atoms with E-state index in [4.69, 9.17) is 0 Å². The molecule has 0 atom stereocenters. The summed E-state index contributed by atoms with van der Waals surface area (Å²) in [6.45, 7) is 4.41. The molecule has 1 N–H and O–H groups in total. The molecule has 0 unspecified atom stereocenters. The quantitative estimate of drug-likeness (QED) is 0.753. The normalized spacial score (nSPS) is 20.5. The minimum absolute atomic E-state index is 0.813. The second-order valence-electron chi connectivity index (χ2n) is 4.73. The third-order valence-corrected chi connectivity index (χ3v) is 3.65. The van der Waals surface area contributed by atoms with Crippen molar-refractivity contribution in [3.05, 3.63) is 23.8 Å². The van der Waals surface area contributed by atoms with Gasteiger partial charge in [-0.1, -0.05) is 6.07 Å². The van der Waals surface area contributed by atoms with Gasteiger partial charge in [0.2, 0.25) is 0 Å². The highest BCUT2D eigenvalue weighted by atomic mass is 15.2. The van der Waals surface area contributed by atoms with Crippen LogP contribution < -0.4 is 10.2 Å². The van der Waals surface area contributed by atoms with Crippen LogP contribution in [0.2, 0.25) is 0 Å². The molecule has 1 aromatic rings. The zero-order chi connectivity index (χ0) is 10.3. The zero-order valence-electron chi connectivity index (χ0n) is 9.29. The Bertz CT molecular complexity index is 369. The van der Waals surface area contributed by atoms with Gasteiger partial charge >= 0.3 is 0 Å². The van der Waals surface area contributed by atoms with Crippen LogP contribution in [0.3, 0.4) is 0 Å². The summed E-state index contributed by atoms with van der Waals surface area (Å²) in [4.78, 5) is 2.59. The zero-order valence-corrected chi connectivity index (χ0v) is 9.29. The number of rotatable bonds is 1. The molecule has 0 aromatic heterocycles. The van der Waals surface area contributed by atoms with Crippen LogP contribution in [0.4, 0.5) is 11.4 Å². The Morgan fingerprint density at radius 2 is 2.20 bits per heavy atom. The highest BCUT2D eigenvalue weighted by Crippen LogP contribution is 2.36. The van der Waals surface area contributed by atoms with Crippen molar-refractivity contribution in [1.82, 2.24) is 0 Å². The Labute approximate surface area is 91.3 Å². The van der Waals surface area contributed by atoms with Crippen molar-refractivity contribution in [3.8, 4) is 0 Å². The van der Waals surface area contributed by atoms with Crippen molar-refractivity contribution < 1.29 is 0 Å². The number of fused-ring (bicyclic) bond motifs is 1. The molecule has 3 rings (SSSR count). The van der Waals surface area contributed by atoms with E-state index in [0.717, 1.165) is 12.6 Å². The molecule has 0 spiro atoms. The molecule has 1 aromatic carbocycles. The van der Waals surface area contributed by atoms with Crippen molar-refractivity contribution in [2.24, 2.45) is 0 Å². The Hall–Kier alpha value is -1.18. The van der Waals surface area contributed by atoms with Crippen LogP contribution in [-0.4, -0.2) is 19.1 Å². The van der Waals surface area contributed by atoms with Crippen LogP contribution in [0.25, 0.3) is 0 Å². The van der Waals surface area contributed by atoms with E-state index < -0.39 is 0 Å². The number of hydrogen-bond acceptors (Lipinski definition) is 2. The van der Waals surface area contributed by atoms with Crippen LogP contribution in [0.5, 0.6) is 0 Å². The molecule has 1 heterocycles. The lowest BCUT2D eigenvalue weighted by atomic mass is 9.90. The number of nitrogens with one attached hydrogen (secondary N) is 1. The SMILES string of the molecule is Cc1ccc2c(c1)NCCN2C1CCC1. The van der Waals surface area contributed by atoms with Crippen molar-refractivity contribution in [3.63, 3.8) is 0 Å². The van der Waals surface area contributed by atoms with Gasteiger partial charge in [0.05, 0.1) is 11.4 Å². The van der Waals surface area contributed by atoms with E-state index in [1.807, 2.05) is 0 Å². The predicted molar refractivity (Wildman–Crippen MR) is 64.7 cm³/mol. The number of anilines is 2. The maximum Gasteiger partial charge on any atom is 0.0605 e. The standard InChI is InChI=1S/C13H18N2/c1-10-5-6-13-12(9-10)14-7-8-15(13)11-3-2-4-11/h5-6,9,11,14H,2-4,7-8H2,1H3. The second-order valence-corrected chi connectivity index (χ2v) is 4.73. The van der Waals surface area contributed by atoms with Crippen LogP contribution in [0, 0.1) is 6.92 Å². The minimum Gasteiger partial charge on any atom is -0.382 e. The average molecular weight is 202 g/mol. The third-order valence-electron chi connectivity index (χ3n) is 3.65. The summed E-state index contributed by atoms with van der Waals surface area (Å²) in [7, 11) is 0. The van der Waals surface area contributed by atoms with Gasteiger partial charge < -0.3 is 10.2 Å². The summed E-state index contributed by atoms with van der Waals surface area (Å²) in [6.07, 6.45) is 4.18. The van der Waals surface area contributed by atoms with E-state index in [0.29, 0.717) is 0 Å². The molecule has 1 saturated carbocycles. The van der Waals surface area contributed by atoms with E-state index in [2.05, 4.69) is 35.3 Å². The molecule has 0 saturated heterocycles. The second kappa shape index (κ2) is 3.44. The molecular formula is C13H18N2. The molecule has 1 aliphatic heterocycles. The first-order valence-electron chi connectivity index (χ1n) is 5.96. The summed E-state index contributed by atoms with van der Waals surface area (Å²) in [5.74, 6) is 0. The molecule has 2 heteroatoms. The molecule has 80 valence electrons. The predicted octanol–water partition coefficient (Wildman–Crippen LogP) is 2.78. The number of benzene rings is 1. The maximum atomic E-state index is 3.49. The highest BCUT2D eigenvalue weighted by Gasteiger charge is 2.28. The Morgan fingerprint density at radius 3 is 2.93 bits per heavy atom. The molecule has 2 nitrogen and oxygen atoms in total. The lowest BCUT2D eigenvalue weighted by Crippen LogP contribution is -2.45. The molecule has 2 aliphatic rings. The van der Waals surface area contributed by atoms with E-state index in [1.165, 1.54) is 42.7 Å². The highest BCUT2D eigenvalue weighted by molar-refractivity contribution is 5.73. The average Bonchev–Trinajstić information content (AvgIpc) is 2.15. The summed E-state index contributed by atoms with van der Waals surface area (Å²) in [6, 6.07) is 7.57. The van der Waals surface area contributed by atoms with Gasteiger partial charge in [0.1, 0.15) is 0 Å². The third kappa shape index (κ3) is 1.48. The molecule has 0 amide bonds.